The van der Waals surface area contributed by atoms with Gasteiger partial charge in [0.05, 0.1) is 0 Å². The van der Waals surface area contributed by atoms with Crippen LogP contribution in [0.2, 0.25) is 0 Å². The molecule has 0 radical (unpaired) electrons. The highest BCUT2D eigenvalue weighted by Crippen LogP contribution is 2.43. The van der Waals surface area contributed by atoms with Gasteiger partial charge >= 0.3 is 0 Å². The Morgan fingerprint density at radius 2 is 2.07 bits per heavy atom. The summed E-state index contributed by atoms with van der Waals surface area (Å²) < 4.78 is 0. The first-order valence-electron chi connectivity index (χ1n) is 5.66. The summed E-state index contributed by atoms with van der Waals surface area (Å²) in [7, 11) is 0. The van der Waals surface area contributed by atoms with Crippen molar-refractivity contribution in [3.8, 4) is 0 Å². The van der Waals surface area contributed by atoms with Crippen LogP contribution in [0.3, 0.4) is 0 Å². The van der Waals surface area contributed by atoms with Crippen molar-refractivity contribution >= 4 is 16.8 Å². The van der Waals surface area contributed by atoms with E-state index in [0.29, 0.717) is 5.92 Å². The molecule has 2 aliphatic rings. The lowest BCUT2D eigenvalue weighted by atomic mass is 9.82. The van der Waals surface area contributed by atoms with Gasteiger partial charge in [-0.1, -0.05) is 42.5 Å². The predicted molar refractivity (Wildman–Crippen MR) is 64.0 cm³/mol. The predicted octanol–water partition coefficient (Wildman–Crippen LogP) is 3.90. The van der Waals surface area contributed by atoms with Crippen molar-refractivity contribution in [2.24, 2.45) is 0 Å². The second-order valence-electron chi connectivity index (χ2n) is 4.59. The average molecular weight is 192 g/mol. The Balaban J connectivity index is 2.26. The minimum absolute atomic E-state index is 0.693. The van der Waals surface area contributed by atoms with E-state index < -0.39 is 0 Å². The van der Waals surface area contributed by atoms with Crippen molar-refractivity contribution in [2.45, 2.75) is 18.8 Å². The average Bonchev–Trinajstić information content (AvgIpc) is 2.71. The minimum Gasteiger partial charge on any atom is -0.0763 e. The summed E-state index contributed by atoms with van der Waals surface area (Å²) in [4.78, 5) is 0. The number of aryl methyl sites for hydroxylation is 1. The third kappa shape index (κ3) is 0.872. The standard InChI is InChI=1S/C15H12/c1-2-10-4-6-12-8-9-13-7-5-11(3-1)14(10)15(12)13/h1-4,6,8-9,13H,5,7H2. The molecule has 4 rings (SSSR count). The molecule has 0 nitrogen and oxygen atoms in total. The second kappa shape index (κ2) is 2.52. The lowest BCUT2D eigenvalue weighted by Crippen LogP contribution is -2.05. The molecule has 1 atom stereocenters. The fraction of sp³-hybridized carbons (Fsp3) is 0.200. The molecule has 0 bridgehead atoms. The zero-order valence-corrected chi connectivity index (χ0v) is 8.53. The van der Waals surface area contributed by atoms with E-state index in [9.17, 15) is 0 Å². The molecule has 0 saturated carbocycles. The molecule has 0 amide bonds. The molecule has 0 aromatic heterocycles. The van der Waals surface area contributed by atoms with Gasteiger partial charge in [-0.15, -0.1) is 0 Å². The molecule has 0 fully saturated rings. The molecule has 1 unspecified atom stereocenters. The Bertz CT molecular complexity index is 590. The Labute approximate surface area is 89.2 Å². The van der Waals surface area contributed by atoms with Crippen LogP contribution < -0.4 is 0 Å². The van der Waals surface area contributed by atoms with Crippen molar-refractivity contribution in [1.29, 1.82) is 0 Å². The van der Waals surface area contributed by atoms with E-state index in [4.69, 9.17) is 0 Å². The first kappa shape index (κ1) is 7.70. The summed E-state index contributed by atoms with van der Waals surface area (Å²) in [6.45, 7) is 0. The van der Waals surface area contributed by atoms with Crippen LogP contribution in [0.4, 0.5) is 0 Å². The van der Waals surface area contributed by atoms with Crippen molar-refractivity contribution in [2.75, 3.05) is 0 Å². The molecule has 72 valence electrons. The number of benzene rings is 2. The van der Waals surface area contributed by atoms with E-state index in [-0.39, 0.29) is 0 Å². The molecule has 2 aromatic rings. The van der Waals surface area contributed by atoms with Gasteiger partial charge in [-0.2, -0.15) is 0 Å². The topological polar surface area (TPSA) is 0 Å². The third-order valence-electron chi connectivity index (χ3n) is 3.81. The van der Waals surface area contributed by atoms with Crippen molar-refractivity contribution in [3.05, 3.63) is 53.1 Å². The maximum atomic E-state index is 2.38. The van der Waals surface area contributed by atoms with Crippen LogP contribution in [-0.4, -0.2) is 0 Å². The van der Waals surface area contributed by atoms with Gasteiger partial charge in [0.15, 0.2) is 0 Å². The normalized spacial score (nSPS) is 21.2. The van der Waals surface area contributed by atoms with Crippen LogP contribution >= 0.6 is 0 Å². The van der Waals surface area contributed by atoms with Gasteiger partial charge in [0.25, 0.3) is 0 Å². The maximum Gasteiger partial charge on any atom is 0.00366 e. The molecule has 0 spiro atoms. The maximum absolute atomic E-state index is 2.38. The smallest absolute Gasteiger partial charge is 0.00366 e. The first-order valence-corrected chi connectivity index (χ1v) is 5.66. The molecule has 2 aliphatic carbocycles. The Hall–Kier alpha value is -1.56. The fourth-order valence-electron chi connectivity index (χ4n) is 3.12. The number of hydrogen-bond donors (Lipinski definition) is 0. The van der Waals surface area contributed by atoms with E-state index in [0.717, 1.165) is 0 Å². The summed E-state index contributed by atoms with van der Waals surface area (Å²) >= 11 is 0. The molecule has 0 heteroatoms. The second-order valence-corrected chi connectivity index (χ2v) is 4.59. The van der Waals surface area contributed by atoms with Gasteiger partial charge in [-0.25, -0.2) is 0 Å². The first-order chi connectivity index (χ1) is 7.43. The van der Waals surface area contributed by atoms with Gasteiger partial charge in [0.2, 0.25) is 0 Å². The van der Waals surface area contributed by atoms with Crippen molar-refractivity contribution in [3.63, 3.8) is 0 Å². The molecule has 2 aromatic carbocycles. The Morgan fingerprint density at radius 3 is 3.07 bits per heavy atom. The summed E-state index contributed by atoms with van der Waals surface area (Å²) in [6, 6.07) is 11.2. The summed E-state index contributed by atoms with van der Waals surface area (Å²) in [5, 5.41) is 2.95. The van der Waals surface area contributed by atoms with Gasteiger partial charge < -0.3 is 0 Å². The van der Waals surface area contributed by atoms with E-state index in [1.807, 2.05) is 0 Å². The number of allylic oxidation sites excluding steroid dienone is 1. The minimum atomic E-state index is 0.693. The summed E-state index contributed by atoms with van der Waals surface area (Å²) in [5.74, 6) is 0.693. The molecule has 0 N–H and O–H groups in total. The fourth-order valence-corrected chi connectivity index (χ4v) is 3.12. The van der Waals surface area contributed by atoms with Crippen LogP contribution in [0.5, 0.6) is 0 Å². The Kier molecular flexibility index (Phi) is 1.29. The van der Waals surface area contributed by atoms with Crippen molar-refractivity contribution in [1.82, 2.24) is 0 Å². The number of rotatable bonds is 0. The zero-order chi connectivity index (χ0) is 9.83. The lowest BCUT2D eigenvalue weighted by Gasteiger charge is -2.22. The van der Waals surface area contributed by atoms with Gasteiger partial charge in [-0.05, 0) is 40.3 Å². The highest BCUT2D eigenvalue weighted by Gasteiger charge is 2.24. The van der Waals surface area contributed by atoms with Crippen LogP contribution in [-0.2, 0) is 6.42 Å². The van der Waals surface area contributed by atoms with Crippen LogP contribution in [0.25, 0.3) is 16.8 Å². The van der Waals surface area contributed by atoms with Gasteiger partial charge in [-0.3, -0.25) is 0 Å². The lowest BCUT2D eigenvalue weighted by molar-refractivity contribution is 0.734. The third-order valence-corrected chi connectivity index (χ3v) is 3.81. The highest BCUT2D eigenvalue weighted by atomic mass is 14.3. The number of hydrogen-bond acceptors (Lipinski definition) is 0. The van der Waals surface area contributed by atoms with Crippen molar-refractivity contribution < 1.29 is 0 Å². The van der Waals surface area contributed by atoms with Gasteiger partial charge in [0.1, 0.15) is 0 Å². The van der Waals surface area contributed by atoms with E-state index in [2.05, 4.69) is 42.5 Å². The molecule has 0 aliphatic heterocycles. The van der Waals surface area contributed by atoms with Crippen LogP contribution in [0.15, 0.2) is 36.4 Å². The zero-order valence-electron chi connectivity index (χ0n) is 8.53. The summed E-state index contributed by atoms with van der Waals surface area (Å²) in [6.07, 6.45) is 7.20. The largest absolute Gasteiger partial charge is 0.0763 e. The molecular weight excluding hydrogens is 180 g/mol. The molecular formula is C15H12. The molecule has 15 heavy (non-hydrogen) atoms. The molecule has 0 saturated heterocycles. The highest BCUT2D eigenvalue weighted by molar-refractivity contribution is 5.94. The Morgan fingerprint density at radius 1 is 1.07 bits per heavy atom. The van der Waals surface area contributed by atoms with Crippen LogP contribution in [0.1, 0.15) is 29.0 Å². The molecule has 0 heterocycles. The quantitative estimate of drug-likeness (QED) is 0.594. The van der Waals surface area contributed by atoms with Crippen LogP contribution in [0, 0.1) is 0 Å². The van der Waals surface area contributed by atoms with E-state index in [1.54, 1.807) is 11.1 Å². The summed E-state index contributed by atoms with van der Waals surface area (Å²) in [5.41, 5.74) is 4.58. The van der Waals surface area contributed by atoms with E-state index in [1.165, 1.54) is 29.2 Å². The van der Waals surface area contributed by atoms with Gasteiger partial charge in [0, 0.05) is 5.92 Å². The SMILES string of the molecule is C1=CC2CCc3cccc4ccc1c2c34. The monoisotopic (exact) mass is 192 g/mol. The van der Waals surface area contributed by atoms with E-state index >= 15 is 0 Å².